The molecule has 0 aliphatic heterocycles. The normalized spacial score (nSPS) is 11.5. The van der Waals surface area contributed by atoms with Gasteiger partial charge in [-0.05, 0) is 26.7 Å². The molecule has 2 N–H and O–H groups in total. The quantitative estimate of drug-likeness (QED) is 0.373. The van der Waals surface area contributed by atoms with Crippen LogP contribution in [0.3, 0.4) is 0 Å². The van der Waals surface area contributed by atoms with Crippen molar-refractivity contribution in [1.29, 1.82) is 0 Å². The van der Waals surface area contributed by atoms with E-state index in [9.17, 15) is 0 Å². The summed E-state index contributed by atoms with van der Waals surface area (Å²) in [6.07, 6.45) is 0. The summed E-state index contributed by atoms with van der Waals surface area (Å²) in [5, 5.41) is 11.2. The number of aromatic nitrogens is 2. The van der Waals surface area contributed by atoms with Crippen molar-refractivity contribution in [3.05, 3.63) is 17.0 Å². The molecular formula is C16H32IN5O. The van der Waals surface area contributed by atoms with Crippen LogP contribution in [0.2, 0.25) is 0 Å². The summed E-state index contributed by atoms with van der Waals surface area (Å²) in [5.41, 5.74) is 3.40. The molecule has 1 heterocycles. The van der Waals surface area contributed by atoms with Crippen LogP contribution in [0.5, 0.6) is 0 Å². The summed E-state index contributed by atoms with van der Waals surface area (Å²) in [7, 11) is 1.71. The molecule has 0 radical (unpaired) electrons. The average molecular weight is 437 g/mol. The minimum absolute atomic E-state index is 0. The maximum absolute atomic E-state index is 5.13. The van der Waals surface area contributed by atoms with Crippen molar-refractivity contribution in [3.63, 3.8) is 0 Å². The first-order chi connectivity index (χ1) is 10.5. The van der Waals surface area contributed by atoms with Crippen molar-refractivity contribution in [2.75, 3.05) is 26.8 Å². The minimum Gasteiger partial charge on any atom is -0.383 e. The minimum atomic E-state index is 0. The SMILES string of the molecule is CCNC(=NCc1c(C)nn(CCOC)c1C)NCC(C)C.I. The third-order valence-corrected chi connectivity index (χ3v) is 3.46. The van der Waals surface area contributed by atoms with Crippen LogP contribution in [-0.2, 0) is 17.8 Å². The Morgan fingerprint density at radius 1 is 1.30 bits per heavy atom. The van der Waals surface area contributed by atoms with Crippen LogP contribution >= 0.6 is 24.0 Å². The second-order valence-electron chi connectivity index (χ2n) is 5.84. The van der Waals surface area contributed by atoms with E-state index in [1.807, 2.05) is 11.6 Å². The van der Waals surface area contributed by atoms with Gasteiger partial charge in [0.2, 0.25) is 0 Å². The highest BCUT2D eigenvalue weighted by atomic mass is 127. The van der Waals surface area contributed by atoms with E-state index in [0.717, 1.165) is 37.0 Å². The molecule has 1 aromatic heterocycles. The number of nitrogens with one attached hydrogen (secondary N) is 2. The van der Waals surface area contributed by atoms with Crippen LogP contribution in [0.15, 0.2) is 4.99 Å². The number of hydrogen-bond donors (Lipinski definition) is 2. The van der Waals surface area contributed by atoms with E-state index in [4.69, 9.17) is 4.74 Å². The summed E-state index contributed by atoms with van der Waals surface area (Å²) in [6, 6.07) is 0. The number of guanidine groups is 1. The molecule has 0 aliphatic carbocycles. The highest BCUT2D eigenvalue weighted by Gasteiger charge is 2.11. The van der Waals surface area contributed by atoms with Crippen molar-refractivity contribution in [2.45, 2.75) is 47.7 Å². The Labute approximate surface area is 157 Å². The molecule has 0 bridgehead atoms. The molecule has 1 aromatic rings. The van der Waals surface area contributed by atoms with E-state index >= 15 is 0 Å². The fraction of sp³-hybridized carbons (Fsp3) is 0.750. The summed E-state index contributed by atoms with van der Waals surface area (Å²) in [6.45, 7) is 14.4. The van der Waals surface area contributed by atoms with E-state index in [1.54, 1.807) is 7.11 Å². The number of halogens is 1. The largest absolute Gasteiger partial charge is 0.383 e. The Kier molecular flexibility index (Phi) is 11.2. The van der Waals surface area contributed by atoms with Gasteiger partial charge in [-0.2, -0.15) is 5.10 Å². The highest BCUT2D eigenvalue weighted by Crippen LogP contribution is 2.14. The number of rotatable bonds is 8. The van der Waals surface area contributed by atoms with Gasteiger partial charge in [0.25, 0.3) is 0 Å². The number of methoxy groups -OCH3 is 1. The standard InChI is InChI=1S/C16H31N5O.HI/c1-7-17-16(18-10-12(2)3)19-11-15-13(4)20-21(14(15)5)8-9-22-6;/h12H,7-11H2,1-6H3,(H2,17,18,19);1H. The maximum Gasteiger partial charge on any atom is 0.191 e. The number of nitrogens with zero attached hydrogens (tertiary/aromatic N) is 3. The van der Waals surface area contributed by atoms with Crippen molar-refractivity contribution < 1.29 is 4.74 Å². The Balaban J connectivity index is 0.00000484. The van der Waals surface area contributed by atoms with Crippen LogP contribution in [-0.4, -0.2) is 42.5 Å². The lowest BCUT2D eigenvalue weighted by Crippen LogP contribution is -2.39. The number of ether oxygens (including phenoxy) is 1. The monoisotopic (exact) mass is 437 g/mol. The first kappa shape index (κ1) is 22.2. The van der Waals surface area contributed by atoms with Gasteiger partial charge in [0, 0.05) is 31.5 Å². The molecular weight excluding hydrogens is 405 g/mol. The molecule has 0 saturated heterocycles. The van der Waals surface area contributed by atoms with Crippen LogP contribution in [0, 0.1) is 19.8 Å². The first-order valence-corrected chi connectivity index (χ1v) is 8.03. The summed E-state index contributed by atoms with van der Waals surface area (Å²) < 4.78 is 7.12. The molecule has 1 rings (SSSR count). The molecule has 7 heteroatoms. The van der Waals surface area contributed by atoms with Crippen molar-refractivity contribution in [2.24, 2.45) is 10.9 Å². The van der Waals surface area contributed by atoms with E-state index in [0.29, 0.717) is 19.1 Å². The van der Waals surface area contributed by atoms with E-state index < -0.39 is 0 Å². The second-order valence-corrected chi connectivity index (χ2v) is 5.84. The highest BCUT2D eigenvalue weighted by molar-refractivity contribution is 14.0. The third kappa shape index (κ3) is 7.52. The van der Waals surface area contributed by atoms with Crippen molar-refractivity contribution >= 4 is 29.9 Å². The van der Waals surface area contributed by atoms with E-state index in [-0.39, 0.29) is 24.0 Å². The van der Waals surface area contributed by atoms with Crippen LogP contribution in [0.25, 0.3) is 0 Å². The Morgan fingerprint density at radius 3 is 2.57 bits per heavy atom. The molecule has 0 aliphatic rings. The van der Waals surface area contributed by atoms with Gasteiger partial charge >= 0.3 is 0 Å². The molecule has 0 aromatic carbocycles. The Bertz CT molecular complexity index is 485. The first-order valence-electron chi connectivity index (χ1n) is 8.03. The van der Waals surface area contributed by atoms with E-state index in [2.05, 4.69) is 48.4 Å². The Hall–Kier alpha value is -0.830. The summed E-state index contributed by atoms with van der Waals surface area (Å²) in [5.74, 6) is 1.45. The van der Waals surface area contributed by atoms with E-state index in [1.165, 1.54) is 5.56 Å². The topological polar surface area (TPSA) is 63.5 Å². The zero-order valence-electron chi connectivity index (χ0n) is 15.3. The van der Waals surface area contributed by atoms with Gasteiger partial charge in [0.15, 0.2) is 5.96 Å². The smallest absolute Gasteiger partial charge is 0.191 e. The molecule has 134 valence electrons. The molecule has 6 nitrogen and oxygen atoms in total. The predicted octanol–water partition coefficient (Wildman–Crippen LogP) is 2.48. The van der Waals surface area contributed by atoms with Gasteiger partial charge in [0.1, 0.15) is 0 Å². The van der Waals surface area contributed by atoms with Crippen LogP contribution < -0.4 is 10.6 Å². The van der Waals surface area contributed by atoms with Gasteiger partial charge in [-0.25, -0.2) is 4.99 Å². The fourth-order valence-corrected chi connectivity index (χ4v) is 2.16. The van der Waals surface area contributed by atoms with Gasteiger partial charge in [-0.3, -0.25) is 4.68 Å². The molecule has 0 spiro atoms. The number of aliphatic imine (C=N–C) groups is 1. The molecule has 0 unspecified atom stereocenters. The second kappa shape index (κ2) is 11.7. The summed E-state index contributed by atoms with van der Waals surface area (Å²) in [4.78, 5) is 4.68. The van der Waals surface area contributed by atoms with Crippen molar-refractivity contribution in [1.82, 2.24) is 20.4 Å². The molecule has 0 saturated carbocycles. The fourth-order valence-electron chi connectivity index (χ4n) is 2.16. The number of hydrogen-bond acceptors (Lipinski definition) is 3. The van der Waals surface area contributed by atoms with Gasteiger partial charge < -0.3 is 15.4 Å². The lowest BCUT2D eigenvalue weighted by Gasteiger charge is -2.13. The average Bonchev–Trinajstić information content (AvgIpc) is 2.74. The molecule has 0 amide bonds. The molecule has 23 heavy (non-hydrogen) atoms. The zero-order chi connectivity index (χ0) is 16.5. The lowest BCUT2D eigenvalue weighted by molar-refractivity contribution is 0.182. The maximum atomic E-state index is 5.13. The van der Waals surface area contributed by atoms with Crippen LogP contribution in [0.4, 0.5) is 0 Å². The molecule has 0 atom stereocenters. The predicted molar refractivity (Wildman–Crippen MR) is 107 cm³/mol. The van der Waals surface area contributed by atoms with Crippen molar-refractivity contribution in [3.8, 4) is 0 Å². The Morgan fingerprint density at radius 2 is 2.00 bits per heavy atom. The van der Waals surface area contributed by atoms with Gasteiger partial charge in [-0.15, -0.1) is 24.0 Å². The van der Waals surface area contributed by atoms with Crippen LogP contribution in [0.1, 0.15) is 37.7 Å². The zero-order valence-corrected chi connectivity index (χ0v) is 17.6. The van der Waals surface area contributed by atoms with Gasteiger partial charge in [0.05, 0.1) is 25.4 Å². The summed E-state index contributed by atoms with van der Waals surface area (Å²) >= 11 is 0. The third-order valence-electron chi connectivity index (χ3n) is 3.46. The molecule has 0 fully saturated rings. The van der Waals surface area contributed by atoms with Gasteiger partial charge in [-0.1, -0.05) is 13.8 Å². The number of aryl methyl sites for hydroxylation is 1. The lowest BCUT2D eigenvalue weighted by atomic mass is 10.2.